The van der Waals surface area contributed by atoms with Crippen molar-refractivity contribution in [3.05, 3.63) is 29.3 Å². The molecule has 1 aromatic rings. The monoisotopic (exact) mass is 328 g/mol. The molecular formula is C20H29BO3. The summed E-state index contributed by atoms with van der Waals surface area (Å²) in [5.41, 5.74) is 3.67. The minimum atomic E-state index is -0.286. The molecule has 3 nitrogen and oxygen atoms in total. The lowest BCUT2D eigenvalue weighted by Gasteiger charge is -2.32. The zero-order valence-electron chi connectivity index (χ0n) is 15.4. The fourth-order valence-electron chi connectivity index (χ4n) is 3.85. The SMILES string of the molecule is CC1(C)OB(c2ccc(C3CC3)c(C3CCOCC3)c2)OC1(C)C. The zero-order valence-corrected chi connectivity index (χ0v) is 15.4. The summed E-state index contributed by atoms with van der Waals surface area (Å²) in [4.78, 5) is 0. The molecule has 0 atom stereocenters. The van der Waals surface area contributed by atoms with Crippen molar-refractivity contribution in [2.24, 2.45) is 0 Å². The molecule has 0 unspecified atom stereocenters. The van der Waals surface area contributed by atoms with E-state index in [0.717, 1.165) is 32.0 Å². The van der Waals surface area contributed by atoms with E-state index in [4.69, 9.17) is 14.0 Å². The summed E-state index contributed by atoms with van der Waals surface area (Å²) in [7, 11) is -0.262. The first kappa shape index (κ1) is 16.6. The van der Waals surface area contributed by atoms with Crippen LogP contribution in [0.25, 0.3) is 0 Å². The third-order valence-corrected chi connectivity index (χ3v) is 6.31. The van der Waals surface area contributed by atoms with Crippen LogP contribution in [0.15, 0.2) is 18.2 Å². The highest BCUT2D eigenvalue weighted by atomic mass is 16.7. The molecule has 2 aliphatic heterocycles. The fourth-order valence-corrected chi connectivity index (χ4v) is 3.85. The highest BCUT2D eigenvalue weighted by molar-refractivity contribution is 6.62. The van der Waals surface area contributed by atoms with Gasteiger partial charge in [-0.2, -0.15) is 0 Å². The van der Waals surface area contributed by atoms with Crippen LogP contribution in [0, 0.1) is 0 Å². The van der Waals surface area contributed by atoms with Crippen molar-refractivity contribution >= 4 is 12.6 Å². The van der Waals surface area contributed by atoms with Crippen molar-refractivity contribution < 1.29 is 14.0 Å². The van der Waals surface area contributed by atoms with Gasteiger partial charge in [0, 0.05) is 13.2 Å². The Balaban J connectivity index is 1.65. The van der Waals surface area contributed by atoms with Gasteiger partial charge in [-0.25, -0.2) is 0 Å². The molecule has 24 heavy (non-hydrogen) atoms. The van der Waals surface area contributed by atoms with E-state index in [1.807, 2.05) is 0 Å². The van der Waals surface area contributed by atoms with Crippen LogP contribution in [-0.4, -0.2) is 31.5 Å². The van der Waals surface area contributed by atoms with Crippen molar-refractivity contribution in [2.45, 2.75) is 76.4 Å². The molecule has 2 saturated heterocycles. The highest BCUT2D eigenvalue weighted by Gasteiger charge is 2.51. The normalized spacial score (nSPS) is 26.8. The molecule has 4 rings (SSSR count). The van der Waals surface area contributed by atoms with E-state index in [2.05, 4.69) is 45.9 Å². The molecule has 0 amide bonds. The smallest absolute Gasteiger partial charge is 0.399 e. The molecule has 1 aliphatic carbocycles. The van der Waals surface area contributed by atoms with Crippen LogP contribution < -0.4 is 5.46 Å². The first-order valence-corrected chi connectivity index (χ1v) is 9.44. The highest BCUT2D eigenvalue weighted by Crippen LogP contribution is 2.45. The van der Waals surface area contributed by atoms with E-state index in [1.165, 1.54) is 23.9 Å². The summed E-state index contributed by atoms with van der Waals surface area (Å²) in [5.74, 6) is 1.40. The maximum absolute atomic E-state index is 6.26. The summed E-state index contributed by atoms with van der Waals surface area (Å²) < 4.78 is 18.1. The molecule has 1 aromatic carbocycles. The molecule has 0 N–H and O–H groups in total. The lowest BCUT2D eigenvalue weighted by atomic mass is 9.75. The molecule has 1 saturated carbocycles. The molecule has 3 aliphatic rings. The van der Waals surface area contributed by atoms with Gasteiger partial charge in [-0.15, -0.1) is 0 Å². The molecule has 2 heterocycles. The van der Waals surface area contributed by atoms with Gasteiger partial charge in [-0.1, -0.05) is 18.2 Å². The van der Waals surface area contributed by atoms with Gasteiger partial charge in [0.15, 0.2) is 0 Å². The molecule has 0 bridgehead atoms. The van der Waals surface area contributed by atoms with E-state index < -0.39 is 0 Å². The number of benzene rings is 1. The second-order valence-electron chi connectivity index (χ2n) is 8.64. The maximum atomic E-state index is 6.26. The first-order valence-electron chi connectivity index (χ1n) is 9.44. The van der Waals surface area contributed by atoms with Gasteiger partial charge in [0.2, 0.25) is 0 Å². The second-order valence-corrected chi connectivity index (χ2v) is 8.64. The molecule has 0 aromatic heterocycles. The average molecular weight is 328 g/mol. The van der Waals surface area contributed by atoms with Crippen molar-refractivity contribution in [1.29, 1.82) is 0 Å². The van der Waals surface area contributed by atoms with Crippen LogP contribution in [0.1, 0.15) is 76.3 Å². The second kappa shape index (κ2) is 5.86. The van der Waals surface area contributed by atoms with E-state index >= 15 is 0 Å². The van der Waals surface area contributed by atoms with Crippen molar-refractivity contribution in [3.8, 4) is 0 Å². The molecule has 130 valence electrons. The van der Waals surface area contributed by atoms with Gasteiger partial charge in [-0.05, 0) is 81.8 Å². The molecular weight excluding hydrogens is 299 g/mol. The third kappa shape index (κ3) is 2.93. The summed E-state index contributed by atoms with van der Waals surface area (Å²) in [5, 5.41) is 0. The standard InChI is InChI=1S/C20H29BO3/c1-19(2)20(3,4)24-21(23-19)16-7-8-17(14-5-6-14)18(13-16)15-9-11-22-12-10-15/h7-8,13-15H,5-6,9-12H2,1-4H3. The summed E-state index contributed by atoms with van der Waals surface area (Å²) in [6, 6.07) is 6.92. The third-order valence-electron chi connectivity index (χ3n) is 6.31. The van der Waals surface area contributed by atoms with Gasteiger partial charge in [-0.3, -0.25) is 0 Å². The summed E-state index contributed by atoms with van der Waals surface area (Å²) in [6.07, 6.45) is 4.94. The number of hydrogen-bond acceptors (Lipinski definition) is 3. The quantitative estimate of drug-likeness (QED) is 0.791. The summed E-state index contributed by atoms with van der Waals surface area (Å²) >= 11 is 0. The molecule has 0 radical (unpaired) electrons. The van der Waals surface area contributed by atoms with Crippen LogP contribution in [0.3, 0.4) is 0 Å². The van der Waals surface area contributed by atoms with Gasteiger partial charge in [0.1, 0.15) is 0 Å². The lowest BCUT2D eigenvalue weighted by Crippen LogP contribution is -2.41. The zero-order chi connectivity index (χ0) is 16.9. The number of rotatable bonds is 3. The van der Waals surface area contributed by atoms with Gasteiger partial charge < -0.3 is 14.0 Å². The first-order chi connectivity index (χ1) is 11.4. The van der Waals surface area contributed by atoms with Gasteiger partial charge in [0.25, 0.3) is 0 Å². The molecule has 0 spiro atoms. The van der Waals surface area contributed by atoms with E-state index in [-0.39, 0.29) is 18.3 Å². The van der Waals surface area contributed by atoms with Crippen LogP contribution in [0.4, 0.5) is 0 Å². The maximum Gasteiger partial charge on any atom is 0.494 e. The predicted octanol–water partition coefficient (Wildman–Crippen LogP) is 3.76. The Labute approximate surface area is 146 Å². The Morgan fingerprint density at radius 3 is 2.00 bits per heavy atom. The van der Waals surface area contributed by atoms with E-state index in [9.17, 15) is 0 Å². The number of ether oxygens (including phenoxy) is 1. The fraction of sp³-hybridized carbons (Fsp3) is 0.700. The van der Waals surface area contributed by atoms with Gasteiger partial charge >= 0.3 is 7.12 Å². The lowest BCUT2D eigenvalue weighted by molar-refractivity contribution is 0.00578. The predicted molar refractivity (Wildman–Crippen MR) is 96.9 cm³/mol. The van der Waals surface area contributed by atoms with Crippen molar-refractivity contribution in [2.75, 3.05) is 13.2 Å². The van der Waals surface area contributed by atoms with E-state index in [1.54, 1.807) is 5.56 Å². The Kier molecular flexibility index (Phi) is 4.06. The van der Waals surface area contributed by atoms with E-state index in [0.29, 0.717) is 5.92 Å². The average Bonchev–Trinajstić information content (AvgIpc) is 3.35. The van der Waals surface area contributed by atoms with Crippen LogP contribution in [0.2, 0.25) is 0 Å². The van der Waals surface area contributed by atoms with Crippen LogP contribution in [0.5, 0.6) is 0 Å². The Morgan fingerprint density at radius 2 is 1.42 bits per heavy atom. The van der Waals surface area contributed by atoms with Crippen molar-refractivity contribution in [1.82, 2.24) is 0 Å². The van der Waals surface area contributed by atoms with Crippen LogP contribution in [-0.2, 0) is 14.0 Å². The van der Waals surface area contributed by atoms with Crippen molar-refractivity contribution in [3.63, 3.8) is 0 Å². The largest absolute Gasteiger partial charge is 0.494 e. The Hall–Kier alpha value is -0.835. The Bertz CT molecular complexity index is 599. The number of hydrogen-bond donors (Lipinski definition) is 0. The van der Waals surface area contributed by atoms with Gasteiger partial charge in [0.05, 0.1) is 11.2 Å². The Morgan fingerprint density at radius 1 is 0.833 bits per heavy atom. The van der Waals surface area contributed by atoms with Crippen LogP contribution >= 0.6 is 0 Å². The summed E-state index contributed by atoms with van der Waals surface area (Å²) in [6.45, 7) is 10.2. The molecule has 4 heteroatoms. The minimum Gasteiger partial charge on any atom is -0.399 e. The molecule has 3 fully saturated rings. The minimum absolute atomic E-state index is 0.262. The topological polar surface area (TPSA) is 27.7 Å².